The van der Waals surface area contributed by atoms with E-state index in [0.29, 0.717) is 29.6 Å². The number of halogens is 2. The molecule has 0 aliphatic heterocycles. The van der Waals surface area contributed by atoms with E-state index in [2.05, 4.69) is 29.5 Å². The fourth-order valence-corrected chi connectivity index (χ4v) is 1.86. The summed E-state index contributed by atoms with van der Waals surface area (Å²) in [6.45, 7) is 4.77. The highest BCUT2D eigenvalue weighted by Gasteiger charge is 2.07. The fourth-order valence-electron chi connectivity index (χ4n) is 1.61. The lowest BCUT2D eigenvalue weighted by Crippen LogP contribution is -2.42. The molecule has 1 aromatic carbocycles. The predicted octanol–water partition coefficient (Wildman–Crippen LogP) is 2.99. The average Bonchev–Trinajstić information content (AvgIpc) is 2.40. The van der Waals surface area contributed by atoms with Crippen molar-refractivity contribution in [3.63, 3.8) is 0 Å². The Bertz CT molecular complexity index is 414. The molecule has 0 aliphatic rings. The molecule has 0 amide bonds. The maximum atomic E-state index is 13.6. The molecule has 0 bridgehead atoms. The smallest absolute Gasteiger partial charge is 0.191 e. The van der Waals surface area contributed by atoms with E-state index in [1.54, 1.807) is 19.2 Å². The van der Waals surface area contributed by atoms with Gasteiger partial charge in [0.2, 0.25) is 0 Å². The number of nitrogens with zero attached hydrogens (tertiary/aromatic N) is 1. The van der Waals surface area contributed by atoms with Crippen LogP contribution in [0.1, 0.15) is 25.8 Å². The molecule has 0 saturated heterocycles. The van der Waals surface area contributed by atoms with E-state index in [4.69, 9.17) is 11.6 Å². The highest BCUT2D eigenvalue weighted by atomic mass is 35.5. The van der Waals surface area contributed by atoms with Gasteiger partial charge >= 0.3 is 0 Å². The van der Waals surface area contributed by atoms with E-state index in [1.807, 2.05) is 0 Å². The van der Waals surface area contributed by atoms with E-state index in [1.165, 1.54) is 6.07 Å². The molecule has 5 heteroatoms. The van der Waals surface area contributed by atoms with Crippen molar-refractivity contribution in [2.45, 2.75) is 32.7 Å². The topological polar surface area (TPSA) is 36.4 Å². The van der Waals surface area contributed by atoms with Crippen molar-refractivity contribution < 1.29 is 4.39 Å². The lowest BCUT2D eigenvalue weighted by atomic mass is 10.1. The summed E-state index contributed by atoms with van der Waals surface area (Å²) in [4.78, 5) is 4.12. The van der Waals surface area contributed by atoms with Gasteiger partial charge in [-0.3, -0.25) is 4.99 Å². The minimum Gasteiger partial charge on any atom is -0.356 e. The van der Waals surface area contributed by atoms with Crippen LogP contribution in [0, 0.1) is 5.82 Å². The lowest BCUT2D eigenvalue weighted by molar-refractivity contribution is 0.602. The van der Waals surface area contributed by atoms with Gasteiger partial charge in [-0.25, -0.2) is 4.39 Å². The molecule has 19 heavy (non-hydrogen) atoms. The molecular weight excluding hydrogens is 265 g/mol. The van der Waals surface area contributed by atoms with Crippen LogP contribution < -0.4 is 10.6 Å². The van der Waals surface area contributed by atoms with Crippen LogP contribution in [0.25, 0.3) is 0 Å². The van der Waals surface area contributed by atoms with Crippen LogP contribution in [0.4, 0.5) is 4.39 Å². The zero-order valence-corrected chi connectivity index (χ0v) is 12.4. The van der Waals surface area contributed by atoms with Gasteiger partial charge in [0.15, 0.2) is 5.96 Å². The standard InChI is InChI=1S/C14H21ClFN3/c1-4-10(2)19-14(17-3)18-9-8-11-12(15)6-5-7-13(11)16/h5-7,10H,4,8-9H2,1-3H3,(H2,17,18,19). The zero-order valence-electron chi connectivity index (χ0n) is 11.6. The van der Waals surface area contributed by atoms with Crippen LogP contribution in [-0.4, -0.2) is 25.6 Å². The van der Waals surface area contributed by atoms with Gasteiger partial charge in [-0.2, -0.15) is 0 Å². The summed E-state index contributed by atoms with van der Waals surface area (Å²) in [6.07, 6.45) is 1.53. The second-order valence-electron chi connectivity index (χ2n) is 4.40. The molecular formula is C14H21ClFN3. The maximum Gasteiger partial charge on any atom is 0.191 e. The Labute approximate surface area is 119 Å². The van der Waals surface area contributed by atoms with Crippen LogP contribution in [-0.2, 0) is 6.42 Å². The molecule has 3 nitrogen and oxygen atoms in total. The largest absolute Gasteiger partial charge is 0.356 e. The average molecular weight is 286 g/mol. The van der Waals surface area contributed by atoms with Crippen LogP contribution in [0.5, 0.6) is 0 Å². The second kappa shape index (κ2) is 8.00. The highest BCUT2D eigenvalue weighted by Crippen LogP contribution is 2.18. The van der Waals surface area contributed by atoms with E-state index in [-0.39, 0.29) is 5.82 Å². The molecule has 0 aliphatic carbocycles. The summed E-state index contributed by atoms with van der Waals surface area (Å²) in [6, 6.07) is 5.08. The van der Waals surface area contributed by atoms with Gasteiger partial charge in [0.25, 0.3) is 0 Å². The molecule has 0 fully saturated rings. The first-order chi connectivity index (χ1) is 9.08. The molecule has 1 atom stereocenters. The van der Waals surface area contributed by atoms with Crippen molar-refractivity contribution in [1.82, 2.24) is 10.6 Å². The van der Waals surface area contributed by atoms with E-state index in [9.17, 15) is 4.39 Å². The molecule has 106 valence electrons. The third-order valence-electron chi connectivity index (χ3n) is 2.95. The molecule has 1 rings (SSSR count). The predicted molar refractivity (Wildman–Crippen MR) is 79.4 cm³/mol. The Balaban J connectivity index is 2.49. The Morgan fingerprint density at radius 3 is 2.79 bits per heavy atom. The van der Waals surface area contributed by atoms with Crippen LogP contribution in [0.3, 0.4) is 0 Å². The van der Waals surface area contributed by atoms with Crippen molar-refractivity contribution in [3.05, 3.63) is 34.6 Å². The van der Waals surface area contributed by atoms with Gasteiger partial charge < -0.3 is 10.6 Å². The molecule has 0 saturated carbocycles. The van der Waals surface area contributed by atoms with Crippen molar-refractivity contribution in [2.24, 2.45) is 4.99 Å². The first kappa shape index (κ1) is 15.8. The van der Waals surface area contributed by atoms with Gasteiger partial charge in [-0.05, 0) is 31.9 Å². The third-order valence-corrected chi connectivity index (χ3v) is 3.30. The highest BCUT2D eigenvalue weighted by molar-refractivity contribution is 6.31. The number of hydrogen-bond donors (Lipinski definition) is 2. The maximum absolute atomic E-state index is 13.6. The summed E-state index contributed by atoms with van der Waals surface area (Å²) in [7, 11) is 1.72. The van der Waals surface area contributed by atoms with Crippen LogP contribution in [0.2, 0.25) is 5.02 Å². The number of rotatable bonds is 5. The number of aliphatic imine (C=N–C) groups is 1. The van der Waals surface area contributed by atoms with Gasteiger partial charge in [0.05, 0.1) is 0 Å². The number of hydrogen-bond acceptors (Lipinski definition) is 1. The Morgan fingerprint density at radius 1 is 1.47 bits per heavy atom. The minimum absolute atomic E-state index is 0.265. The van der Waals surface area contributed by atoms with E-state index in [0.717, 1.165) is 12.4 Å². The molecule has 0 spiro atoms. The lowest BCUT2D eigenvalue weighted by Gasteiger charge is -2.16. The minimum atomic E-state index is -0.265. The monoisotopic (exact) mass is 285 g/mol. The molecule has 0 radical (unpaired) electrons. The normalized spacial score (nSPS) is 13.2. The second-order valence-corrected chi connectivity index (χ2v) is 4.81. The van der Waals surface area contributed by atoms with E-state index >= 15 is 0 Å². The van der Waals surface area contributed by atoms with Gasteiger partial charge in [-0.1, -0.05) is 24.6 Å². The summed E-state index contributed by atoms with van der Waals surface area (Å²) >= 11 is 5.97. The molecule has 2 N–H and O–H groups in total. The van der Waals surface area contributed by atoms with E-state index < -0.39 is 0 Å². The molecule has 1 aromatic rings. The van der Waals surface area contributed by atoms with Gasteiger partial charge in [0, 0.05) is 30.2 Å². The van der Waals surface area contributed by atoms with Crippen molar-refractivity contribution in [3.8, 4) is 0 Å². The van der Waals surface area contributed by atoms with Crippen LogP contribution in [0.15, 0.2) is 23.2 Å². The summed E-state index contributed by atoms with van der Waals surface area (Å²) < 4.78 is 13.6. The first-order valence-electron chi connectivity index (χ1n) is 6.48. The van der Waals surface area contributed by atoms with Crippen molar-refractivity contribution >= 4 is 17.6 Å². The Hall–Kier alpha value is -1.29. The SMILES string of the molecule is CCC(C)NC(=NC)NCCc1c(F)cccc1Cl. The summed E-state index contributed by atoms with van der Waals surface area (Å²) in [5.74, 6) is 0.459. The van der Waals surface area contributed by atoms with Crippen LogP contribution >= 0.6 is 11.6 Å². The molecule has 1 unspecified atom stereocenters. The first-order valence-corrected chi connectivity index (χ1v) is 6.86. The van der Waals surface area contributed by atoms with Crippen molar-refractivity contribution in [1.29, 1.82) is 0 Å². The summed E-state index contributed by atoms with van der Waals surface area (Å²) in [5, 5.41) is 6.86. The van der Waals surface area contributed by atoms with Gasteiger partial charge in [-0.15, -0.1) is 0 Å². The van der Waals surface area contributed by atoms with Gasteiger partial charge in [0.1, 0.15) is 5.82 Å². The third kappa shape index (κ3) is 5.07. The number of guanidine groups is 1. The quantitative estimate of drug-likeness (QED) is 0.644. The zero-order chi connectivity index (χ0) is 14.3. The summed E-state index contributed by atoms with van der Waals surface area (Å²) in [5.41, 5.74) is 0.538. The Morgan fingerprint density at radius 2 is 2.21 bits per heavy atom. The number of benzene rings is 1. The molecule has 0 aromatic heterocycles. The fraction of sp³-hybridized carbons (Fsp3) is 0.500. The number of nitrogens with one attached hydrogen (secondary N) is 2. The Kier molecular flexibility index (Phi) is 6.64. The molecule has 0 heterocycles. The van der Waals surface area contributed by atoms with Crippen molar-refractivity contribution in [2.75, 3.05) is 13.6 Å².